The van der Waals surface area contributed by atoms with Gasteiger partial charge >= 0.3 is 0 Å². The van der Waals surface area contributed by atoms with Crippen LogP contribution in [0, 0.1) is 0 Å². The zero-order chi connectivity index (χ0) is 19.5. The molecule has 2 N–H and O–H groups in total. The lowest BCUT2D eigenvalue weighted by molar-refractivity contribution is 0.103. The lowest BCUT2D eigenvalue weighted by Gasteiger charge is -2.12. The molecule has 4 aromatic carbocycles. The van der Waals surface area contributed by atoms with E-state index >= 15 is 0 Å². The molecule has 0 spiro atoms. The number of hydrogen-bond donors (Lipinski definition) is 2. The second-order valence-electron chi connectivity index (χ2n) is 6.55. The van der Waals surface area contributed by atoms with Crippen molar-refractivity contribution in [1.82, 2.24) is 0 Å². The number of benzene rings is 4. The van der Waals surface area contributed by atoms with Gasteiger partial charge in [-0.15, -0.1) is 0 Å². The fourth-order valence-electron chi connectivity index (χ4n) is 3.20. The molecule has 0 bridgehead atoms. The van der Waals surface area contributed by atoms with Gasteiger partial charge in [0.15, 0.2) is 5.78 Å². The van der Waals surface area contributed by atoms with Gasteiger partial charge in [-0.1, -0.05) is 66.7 Å². The van der Waals surface area contributed by atoms with Crippen molar-refractivity contribution in [2.75, 3.05) is 0 Å². The summed E-state index contributed by atoms with van der Waals surface area (Å²) in [7, 11) is 0. The van der Waals surface area contributed by atoms with Gasteiger partial charge in [0.05, 0.1) is 0 Å². The van der Waals surface area contributed by atoms with Gasteiger partial charge in [-0.25, -0.2) is 0 Å². The first-order valence-electron chi connectivity index (χ1n) is 8.94. The van der Waals surface area contributed by atoms with Crippen LogP contribution in [0.25, 0.3) is 22.3 Å². The maximum absolute atomic E-state index is 13.3. The number of phenols is 2. The first-order chi connectivity index (χ1) is 13.6. The molecule has 0 saturated carbocycles. The molecule has 3 nitrogen and oxygen atoms in total. The number of rotatable bonds is 4. The molecular weight excluding hydrogens is 348 g/mol. The van der Waals surface area contributed by atoms with Crippen molar-refractivity contribution in [3.63, 3.8) is 0 Å². The van der Waals surface area contributed by atoms with Gasteiger partial charge in [0, 0.05) is 11.1 Å². The van der Waals surface area contributed by atoms with Crippen LogP contribution in [-0.4, -0.2) is 16.0 Å². The van der Waals surface area contributed by atoms with Crippen molar-refractivity contribution in [3.8, 4) is 33.8 Å². The molecule has 0 unspecified atom stereocenters. The predicted molar refractivity (Wildman–Crippen MR) is 111 cm³/mol. The number of carbonyl (C=O) groups is 1. The highest BCUT2D eigenvalue weighted by Crippen LogP contribution is 2.32. The van der Waals surface area contributed by atoms with Crippen LogP contribution in [0.5, 0.6) is 11.5 Å². The van der Waals surface area contributed by atoms with Crippen LogP contribution in [0.1, 0.15) is 15.9 Å². The Morgan fingerprint density at radius 1 is 0.571 bits per heavy atom. The Balaban J connectivity index is 1.87. The predicted octanol–water partition coefficient (Wildman–Crippen LogP) is 5.66. The normalized spacial score (nSPS) is 10.6. The van der Waals surface area contributed by atoms with Gasteiger partial charge in [0.2, 0.25) is 0 Å². The first kappa shape index (κ1) is 17.6. The van der Waals surface area contributed by atoms with Crippen molar-refractivity contribution in [2.45, 2.75) is 0 Å². The van der Waals surface area contributed by atoms with Crippen molar-refractivity contribution in [3.05, 3.63) is 108 Å². The number of phenolic OH excluding ortho intramolecular Hbond substituents is 2. The second kappa shape index (κ2) is 7.41. The molecule has 0 aliphatic rings. The zero-order valence-corrected chi connectivity index (χ0v) is 15.0. The van der Waals surface area contributed by atoms with Crippen LogP contribution in [-0.2, 0) is 0 Å². The summed E-state index contributed by atoms with van der Waals surface area (Å²) in [6, 6.07) is 28.6. The maximum Gasteiger partial charge on any atom is 0.193 e. The molecule has 0 aromatic heterocycles. The van der Waals surface area contributed by atoms with Crippen molar-refractivity contribution in [2.24, 2.45) is 0 Å². The monoisotopic (exact) mass is 366 g/mol. The SMILES string of the molecule is O=C(c1ccccc1)c1cc(-c2ccc(O)cc2)ccc1-c1ccc(O)cc1. The lowest BCUT2D eigenvalue weighted by atomic mass is 9.90. The van der Waals surface area contributed by atoms with E-state index in [-0.39, 0.29) is 17.3 Å². The summed E-state index contributed by atoms with van der Waals surface area (Å²) in [4.78, 5) is 13.3. The Kier molecular flexibility index (Phi) is 4.65. The molecular formula is C25H18O3. The third-order valence-corrected chi connectivity index (χ3v) is 4.68. The number of carbonyl (C=O) groups excluding carboxylic acids is 1. The van der Waals surface area contributed by atoms with Crippen LogP contribution in [0.15, 0.2) is 97.1 Å². The van der Waals surface area contributed by atoms with E-state index in [9.17, 15) is 15.0 Å². The summed E-state index contributed by atoms with van der Waals surface area (Å²) in [6.07, 6.45) is 0. The Labute approximate surface area is 163 Å². The molecule has 3 heteroatoms. The van der Waals surface area contributed by atoms with E-state index in [0.717, 1.165) is 22.3 Å². The molecule has 0 fully saturated rings. The van der Waals surface area contributed by atoms with Crippen molar-refractivity contribution >= 4 is 5.78 Å². The molecule has 28 heavy (non-hydrogen) atoms. The summed E-state index contributed by atoms with van der Waals surface area (Å²) in [6.45, 7) is 0. The molecule has 0 heterocycles. The molecule has 0 aliphatic carbocycles. The van der Waals surface area contributed by atoms with Crippen LogP contribution in [0.3, 0.4) is 0 Å². The van der Waals surface area contributed by atoms with Crippen LogP contribution >= 0.6 is 0 Å². The van der Waals surface area contributed by atoms with Crippen LogP contribution in [0.2, 0.25) is 0 Å². The van der Waals surface area contributed by atoms with E-state index in [1.165, 1.54) is 0 Å². The minimum atomic E-state index is -0.0655. The van der Waals surface area contributed by atoms with E-state index in [1.807, 2.05) is 48.5 Å². The van der Waals surface area contributed by atoms with Crippen LogP contribution in [0.4, 0.5) is 0 Å². The van der Waals surface area contributed by atoms with E-state index in [1.54, 1.807) is 48.5 Å². The van der Waals surface area contributed by atoms with E-state index in [2.05, 4.69) is 0 Å². The second-order valence-corrected chi connectivity index (χ2v) is 6.55. The highest BCUT2D eigenvalue weighted by atomic mass is 16.3. The molecule has 136 valence electrons. The Hall–Kier alpha value is -3.85. The van der Waals surface area contributed by atoms with Crippen LogP contribution < -0.4 is 0 Å². The van der Waals surface area contributed by atoms with Gasteiger partial charge < -0.3 is 10.2 Å². The fraction of sp³-hybridized carbons (Fsp3) is 0. The van der Waals surface area contributed by atoms with Gasteiger partial charge in [-0.2, -0.15) is 0 Å². The van der Waals surface area contributed by atoms with E-state index < -0.39 is 0 Å². The van der Waals surface area contributed by atoms with E-state index in [4.69, 9.17) is 0 Å². The third-order valence-electron chi connectivity index (χ3n) is 4.68. The minimum Gasteiger partial charge on any atom is -0.508 e. The van der Waals surface area contributed by atoms with Gasteiger partial charge in [0.1, 0.15) is 11.5 Å². The quantitative estimate of drug-likeness (QED) is 0.458. The summed E-state index contributed by atoms with van der Waals surface area (Å²) in [5, 5.41) is 19.1. The fourth-order valence-corrected chi connectivity index (χ4v) is 3.20. The summed E-state index contributed by atoms with van der Waals surface area (Å²) in [5.41, 5.74) is 4.66. The summed E-state index contributed by atoms with van der Waals surface area (Å²) >= 11 is 0. The van der Waals surface area contributed by atoms with Gasteiger partial charge in [-0.05, 0) is 52.6 Å². The number of aromatic hydroxyl groups is 2. The Morgan fingerprint density at radius 3 is 1.71 bits per heavy atom. The smallest absolute Gasteiger partial charge is 0.193 e. The van der Waals surface area contributed by atoms with Crippen molar-refractivity contribution in [1.29, 1.82) is 0 Å². The molecule has 4 aromatic rings. The standard InChI is InChI=1S/C25H18O3/c26-21-11-6-17(7-12-21)20-10-15-23(18-8-13-22(27)14-9-18)24(16-20)25(28)19-4-2-1-3-5-19/h1-16,26-27H. The minimum absolute atomic E-state index is 0.0655. The summed E-state index contributed by atoms with van der Waals surface area (Å²) < 4.78 is 0. The highest BCUT2D eigenvalue weighted by molar-refractivity contribution is 6.13. The van der Waals surface area contributed by atoms with Gasteiger partial charge in [0.25, 0.3) is 0 Å². The average molecular weight is 366 g/mol. The van der Waals surface area contributed by atoms with E-state index in [0.29, 0.717) is 11.1 Å². The average Bonchev–Trinajstić information content (AvgIpc) is 2.75. The first-order valence-corrected chi connectivity index (χ1v) is 8.94. The molecule has 0 amide bonds. The van der Waals surface area contributed by atoms with Gasteiger partial charge in [-0.3, -0.25) is 4.79 Å². The Bertz CT molecular complexity index is 1110. The molecule has 0 aliphatic heterocycles. The maximum atomic E-state index is 13.3. The summed E-state index contributed by atoms with van der Waals surface area (Å²) in [5.74, 6) is 0.315. The topological polar surface area (TPSA) is 57.5 Å². The molecule has 0 radical (unpaired) electrons. The van der Waals surface area contributed by atoms with Crippen molar-refractivity contribution < 1.29 is 15.0 Å². The number of hydrogen-bond acceptors (Lipinski definition) is 3. The molecule has 4 rings (SSSR count). The largest absolute Gasteiger partial charge is 0.508 e. The third kappa shape index (κ3) is 3.51. The lowest BCUT2D eigenvalue weighted by Crippen LogP contribution is -2.04. The molecule has 0 atom stereocenters. The number of ketones is 1. The Morgan fingerprint density at radius 2 is 1.11 bits per heavy atom. The highest BCUT2D eigenvalue weighted by Gasteiger charge is 2.16. The molecule has 0 saturated heterocycles. The zero-order valence-electron chi connectivity index (χ0n) is 15.0.